The molecule has 4 heterocycles. The monoisotopic (exact) mass is 512 g/mol. The number of amides is 1. The fourth-order valence-corrected chi connectivity index (χ4v) is 4.89. The molecule has 2 aliphatic heterocycles. The molecule has 3 aromatic rings. The van der Waals surface area contributed by atoms with Crippen molar-refractivity contribution in [1.82, 2.24) is 24.3 Å². The highest BCUT2D eigenvalue weighted by Gasteiger charge is 2.30. The minimum atomic E-state index is -1.06. The van der Waals surface area contributed by atoms with Crippen molar-refractivity contribution in [3.63, 3.8) is 0 Å². The first-order valence-corrected chi connectivity index (χ1v) is 12.2. The van der Waals surface area contributed by atoms with E-state index in [0.717, 1.165) is 6.54 Å². The van der Waals surface area contributed by atoms with Crippen molar-refractivity contribution in [2.24, 2.45) is 11.7 Å². The van der Waals surface area contributed by atoms with Crippen LogP contribution in [0.1, 0.15) is 12.1 Å². The van der Waals surface area contributed by atoms with Crippen molar-refractivity contribution in [3.8, 4) is 11.5 Å². The zero-order valence-corrected chi connectivity index (χ0v) is 20.3. The van der Waals surface area contributed by atoms with Gasteiger partial charge in [0, 0.05) is 44.2 Å². The van der Waals surface area contributed by atoms with E-state index in [1.807, 2.05) is 0 Å². The molecule has 0 aliphatic carbocycles. The van der Waals surface area contributed by atoms with E-state index in [0.29, 0.717) is 67.5 Å². The summed E-state index contributed by atoms with van der Waals surface area (Å²) in [5.74, 6) is 0.566. The number of nitrogens with two attached hydrogens (primary N) is 1. The van der Waals surface area contributed by atoms with E-state index in [1.165, 1.54) is 27.8 Å². The molecular weight excluding hydrogens is 483 g/mol. The molecule has 11 nitrogen and oxygen atoms in total. The summed E-state index contributed by atoms with van der Waals surface area (Å²) in [6, 6.07) is 5.72. The second-order valence-electron chi connectivity index (χ2n) is 9.38. The van der Waals surface area contributed by atoms with E-state index in [4.69, 9.17) is 15.2 Å². The zero-order valence-electron chi connectivity index (χ0n) is 20.3. The number of hydrogen-bond acceptors (Lipinski definition) is 8. The minimum absolute atomic E-state index is 0.0964. The lowest BCUT2D eigenvalue weighted by Gasteiger charge is -2.38. The Bertz CT molecular complexity index is 1350. The highest BCUT2D eigenvalue weighted by Crippen LogP contribution is 2.30. The average Bonchev–Trinajstić information content (AvgIpc) is 2.89. The topological polar surface area (TPSA) is 136 Å². The molecule has 1 amide bonds. The number of likely N-dealkylation sites (tertiary alicyclic amines) is 1. The Labute approximate surface area is 212 Å². The Kier molecular flexibility index (Phi) is 7.19. The van der Waals surface area contributed by atoms with Gasteiger partial charge >= 0.3 is 6.09 Å². The normalized spacial score (nSPS) is 19.6. The smallest absolute Gasteiger partial charge is 0.407 e. The van der Waals surface area contributed by atoms with Gasteiger partial charge in [-0.15, -0.1) is 0 Å². The van der Waals surface area contributed by atoms with E-state index in [9.17, 15) is 19.1 Å². The summed E-state index contributed by atoms with van der Waals surface area (Å²) in [7, 11) is 0. The first-order chi connectivity index (χ1) is 17.9. The van der Waals surface area contributed by atoms with Crippen LogP contribution >= 0.6 is 0 Å². The SMILES string of the molecule is NC1CCN(CCn2c(=O)cnc3ccc(F)cc32)CC1CN(Cc1cc2c(cn1)OCCO2)C(=O)O. The number of hydrogen-bond donors (Lipinski definition) is 2. The van der Waals surface area contributed by atoms with Crippen molar-refractivity contribution in [1.29, 1.82) is 0 Å². The number of rotatable bonds is 7. The molecule has 0 radical (unpaired) electrons. The van der Waals surface area contributed by atoms with Gasteiger partial charge in [0.05, 0.1) is 35.7 Å². The number of fused-ring (bicyclic) bond motifs is 2. The fourth-order valence-electron chi connectivity index (χ4n) is 4.89. The summed E-state index contributed by atoms with van der Waals surface area (Å²) >= 11 is 0. The van der Waals surface area contributed by atoms with Gasteiger partial charge in [-0.05, 0) is 31.2 Å². The molecule has 37 heavy (non-hydrogen) atoms. The summed E-state index contributed by atoms with van der Waals surface area (Å²) < 4.78 is 26.4. The lowest BCUT2D eigenvalue weighted by atomic mass is 9.92. The molecule has 2 aromatic heterocycles. The molecule has 12 heteroatoms. The zero-order chi connectivity index (χ0) is 25.9. The van der Waals surface area contributed by atoms with Gasteiger partial charge in [-0.1, -0.05) is 0 Å². The first kappa shape index (κ1) is 24.9. The van der Waals surface area contributed by atoms with Crippen LogP contribution in [0.3, 0.4) is 0 Å². The van der Waals surface area contributed by atoms with E-state index in [-0.39, 0.29) is 30.6 Å². The van der Waals surface area contributed by atoms with Gasteiger partial charge in [-0.2, -0.15) is 0 Å². The second kappa shape index (κ2) is 10.7. The molecule has 0 saturated carbocycles. The molecule has 2 atom stereocenters. The molecule has 2 aliphatic rings. The van der Waals surface area contributed by atoms with Crippen LogP contribution in [0, 0.1) is 11.7 Å². The summed E-state index contributed by atoms with van der Waals surface area (Å²) in [6.45, 7) is 3.41. The number of piperidine rings is 1. The van der Waals surface area contributed by atoms with Gasteiger partial charge in [0.25, 0.3) is 5.56 Å². The molecule has 2 unspecified atom stereocenters. The van der Waals surface area contributed by atoms with E-state index in [2.05, 4.69) is 14.9 Å². The summed E-state index contributed by atoms with van der Waals surface area (Å²) in [4.78, 5) is 36.4. The Morgan fingerprint density at radius 1 is 1.16 bits per heavy atom. The number of carboxylic acid groups (broad SMARTS) is 1. The van der Waals surface area contributed by atoms with Crippen molar-refractivity contribution >= 4 is 17.1 Å². The third-order valence-corrected chi connectivity index (χ3v) is 6.89. The van der Waals surface area contributed by atoms with Crippen molar-refractivity contribution < 1.29 is 23.8 Å². The molecule has 0 bridgehead atoms. The molecule has 196 valence electrons. The second-order valence-corrected chi connectivity index (χ2v) is 9.38. The third-order valence-electron chi connectivity index (χ3n) is 6.89. The summed E-state index contributed by atoms with van der Waals surface area (Å²) in [5, 5.41) is 9.87. The Hall–Kier alpha value is -3.77. The lowest BCUT2D eigenvalue weighted by molar-refractivity contribution is 0.0972. The largest absolute Gasteiger partial charge is 0.486 e. The number of pyridine rings is 1. The highest BCUT2D eigenvalue weighted by molar-refractivity contribution is 5.74. The molecule has 1 saturated heterocycles. The predicted octanol–water partition coefficient (Wildman–Crippen LogP) is 1.53. The average molecular weight is 513 g/mol. The van der Waals surface area contributed by atoms with Crippen molar-refractivity contribution in [3.05, 3.63) is 58.5 Å². The van der Waals surface area contributed by atoms with Gasteiger partial charge < -0.3 is 34.7 Å². The van der Waals surface area contributed by atoms with Gasteiger partial charge in [0.2, 0.25) is 0 Å². The van der Waals surface area contributed by atoms with E-state index < -0.39 is 11.9 Å². The summed E-state index contributed by atoms with van der Waals surface area (Å²) in [6.07, 6.45) is 2.43. The number of carbonyl (C=O) groups is 1. The van der Waals surface area contributed by atoms with Gasteiger partial charge in [-0.25, -0.2) is 14.2 Å². The molecular formula is C25H29FN6O5. The Balaban J connectivity index is 1.25. The molecule has 0 spiro atoms. The van der Waals surface area contributed by atoms with Crippen LogP contribution in [0.4, 0.5) is 9.18 Å². The minimum Gasteiger partial charge on any atom is -0.486 e. The van der Waals surface area contributed by atoms with Crippen LogP contribution in [-0.4, -0.2) is 81.0 Å². The first-order valence-electron chi connectivity index (χ1n) is 12.2. The standard InChI is InChI=1S/C25H29FN6O5/c26-17-1-2-20-21(9-17)32(24(33)12-29-20)6-5-30-4-3-19(27)16(13-30)14-31(25(34)35)15-18-10-22-23(11-28-18)37-8-7-36-22/h1-2,9-12,16,19H,3-8,13-15,27H2,(H,34,35). The van der Waals surface area contributed by atoms with Crippen LogP contribution < -0.4 is 20.8 Å². The number of halogens is 1. The Morgan fingerprint density at radius 2 is 1.97 bits per heavy atom. The third kappa shape index (κ3) is 5.65. The maximum Gasteiger partial charge on any atom is 0.407 e. The predicted molar refractivity (Wildman–Crippen MR) is 132 cm³/mol. The number of benzene rings is 1. The van der Waals surface area contributed by atoms with E-state index >= 15 is 0 Å². The molecule has 1 fully saturated rings. The maximum atomic E-state index is 13.8. The highest BCUT2D eigenvalue weighted by atomic mass is 19.1. The van der Waals surface area contributed by atoms with Gasteiger partial charge in [0.15, 0.2) is 11.5 Å². The van der Waals surface area contributed by atoms with Crippen LogP contribution in [0.5, 0.6) is 11.5 Å². The molecule has 3 N–H and O–H groups in total. The van der Waals surface area contributed by atoms with Crippen LogP contribution in [0.25, 0.3) is 11.0 Å². The van der Waals surface area contributed by atoms with Crippen molar-refractivity contribution in [2.45, 2.75) is 25.6 Å². The van der Waals surface area contributed by atoms with Gasteiger partial charge in [-0.3, -0.25) is 9.78 Å². The van der Waals surface area contributed by atoms with Crippen molar-refractivity contribution in [2.75, 3.05) is 39.4 Å². The molecule has 5 rings (SSSR count). The van der Waals surface area contributed by atoms with Crippen LogP contribution in [0.2, 0.25) is 0 Å². The summed E-state index contributed by atoms with van der Waals surface area (Å²) in [5.41, 5.74) is 7.65. The number of aromatic nitrogens is 3. The number of ether oxygens (including phenoxy) is 2. The maximum absolute atomic E-state index is 13.8. The lowest BCUT2D eigenvalue weighted by Crippen LogP contribution is -2.52. The quantitative estimate of drug-likeness (QED) is 0.483. The van der Waals surface area contributed by atoms with E-state index in [1.54, 1.807) is 18.3 Å². The number of nitrogens with zero attached hydrogens (tertiary/aromatic N) is 5. The Morgan fingerprint density at radius 3 is 2.78 bits per heavy atom. The van der Waals surface area contributed by atoms with Crippen LogP contribution in [0.15, 0.2) is 41.5 Å². The fraction of sp³-hybridized carbons (Fsp3) is 0.440. The van der Waals surface area contributed by atoms with Gasteiger partial charge in [0.1, 0.15) is 19.0 Å². The van der Waals surface area contributed by atoms with Crippen LogP contribution in [-0.2, 0) is 13.1 Å². The molecule has 1 aromatic carbocycles.